The molecule has 0 bridgehead atoms. The summed E-state index contributed by atoms with van der Waals surface area (Å²) in [7, 11) is 0. The van der Waals surface area contributed by atoms with Crippen molar-refractivity contribution in [3.63, 3.8) is 0 Å². The molecule has 24 heavy (non-hydrogen) atoms. The molecule has 1 aliphatic carbocycles. The van der Waals surface area contributed by atoms with E-state index in [0.717, 1.165) is 24.8 Å². The smallest absolute Gasteiger partial charge is 0.255 e. The van der Waals surface area contributed by atoms with Crippen LogP contribution >= 0.6 is 0 Å². The third-order valence-electron chi connectivity index (χ3n) is 4.55. The fourth-order valence-corrected chi connectivity index (χ4v) is 3.18. The van der Waals surface area contributed by atoms with Crippen molar-refractivity contribution in [2.24, 2.45) is 0 Å². The molecule has 0 fully saturated rings. The summed E-state index contributed by atoms with van der Waals surface area (Å²) >= 11 is 0. The molecule has 4 nitrogen and oxygen atoms in total. The van der Waals surface area contributed by atoms with Gasteiger partial charge in [0.1, 0.15) is 0 Å². The Morgan fingerprint density at radius 2 is 1.79 bits per heavy atom. The molecule has 2 aromatic carbocycles. The average Bonchev–Trinajstić information content (AvgIpc) is 2.64. The summed E-state index contributed by atoms with van der Waals surface area (Å²) in [5, 5.41) is 9.81. The standard InChI is InChI=1S/C20H22O4/c1-3-5-12-23-20(24-22)17-9-7-6-8-15(17)19(21)16-13-14(4-2)10-11-18(16)20/h6-11,13,22H,3-5,12H2,1-2H3. The fraction of sp³-hybridized carbons (Fsp3) is 0.350. The minimum Gasteiger partial charge on any atom is -0.340 e. The maximum atomic E-state index is 12.9. The second-order valence-corrected chi connectivity index (χ2v) is 6.02. The van der Waals surface area contributed by atoms with E-state index < -0.39 is 5.79 Å². The molecule has 0 aliphatic heterocycles. The maximum absolute atomic E-state index is 12.9. The lowest BCUT2D eigenvalue weighted by Gasteiger charge is -2.37. The highest BCUT2D eigenvalue weighted by atomic mass is 17.1. The Hall–Kier alpha value is -2.01. The summed E-state index contributed by atoms with van der Waals surface area (Å²) in [4.78, 5) is 17.8. The molecule has 2 aromatic rings. The lowest BCUT2D eigenvalue weighted by atomic mass is 9.79. The molecular formula is C20H22O4. The molecule has 0 saturated carbocycles. The Morgan fingerprint density at radius 3 is 2.50 bits per heavy atom. The zero-order valence-electron chi connectivity index (χ0n) is 14.0. The molecule has 0 amide bonds. The largest absolute Gasteiger partial charge is 0.340 e. The Kier molecular flexibility index (Phi) is 4.81. The first kappa shape index (κ1) is 16.8. The predicted molar refractivity (Wildman–Crippen MR) is 91.0 cm³/mol. The summed E-state index contributed by atoms with van der Waals surface area (Å²) in [5.74, 6) is -1.52. The van der Waals surface area contributed by atoms with Gasteiger partial charge in [-0.3, -0.25) is 4.79 Å². The molecule has 0 spiro atoms. The number of rotatable bonds is 6. The molecule has 0 heterocycles. The van der Waals surface area contributed by atoms with Gasteiger partial charge in [-0.05, 0) is 24.5 Å². The van der Waals surface area contributed by atoms with Gasteiger partial charge in [-0.25, -0.2) is 5.26 Å². The van der Waals surface area contributed by atoms with Crippen LogP contribution in [0.15, 0.2) is 42.5 Å². The van der Waals surface area contributed by atoms with Gasteiger partial charge >= 0.3 is 0 Å². The number of ketones is 1. The highest BCUT2D eigenvalue weighted by molar-refractivity contribution is 6.13. The Morgan fingerprint density at radius 1 is 1.04 bits per heavy atom. The average molecular weight is 326 g/mol. The van der Waals surface area contributed by atoms with Gasteiger partial charge in [-0.2, -0.15) is 4.89 Å². The van der Waals surface area contributed by atoms with Crippen molar-refractivity contribution in [3.8, 4) is 0 Å². The van der Waals surface area contributed by atoms with Crippen LogP contribution in [0.5, 0.6) is 0 Å². The summed E-state index contributed by atoms with van der Waals surface area (Å²) in [6.45, 7) is 4.53. The predicted octanol–water partition coefficient (Wildman–Crippen LogP) is 4.30. The molecule has 3 rings (SSSR count). The van der Waals surface area contributed by atoms with E-state index in [-0.39, 0.29) is 5.78 Å². The van der Waals surface area contributed by atoms with Crippen LogP contribution in [0.3, 0.4) is 0 Å². The second kappa shape index (κ2) is 6.85. The molecule has 0 saturated heterocycles. The van der Waals surface area contributed by atoms with Crippen LogP contribution in [0.25, 0.3) is 0 Å². The Balaban J connectivity index is 2.21. The topological polar surface area (TPSA) is 55.8 Å². The zero-order chi connectivity index (χ0) is 17.2. The van der Waals surface area contributed by atoms with Crippen LogP contribution in [-0.4, -0.2) is 17.6 Å². The molecule has 1 N–H and O–H groups in total. The summed E-state index contributed by atoms with van der Waals surface area (Å²) in [5.41, 5.74) is 3.19. The second-order valence-electron chi connectivity index (χ2n) is 6.02. The van der Waals surface area contributed by atoms with Crippen molar-refractivity contribution < 1.29 is 19.7 Å². The first-order valence-electron chi connectivity index (χ1n) is 8.42. The van der Waals surface area contributed by atoms with Crippen LogP contribution < -0.4 is 0 Å². The molecular weight excluding hydrogens is 304 g/mol. The molecule has 126 valence electrons. The van der Waals surface area contributed by atoms with Crippen molar-refractivity contribution in [1.82, 2.24) is 0 Å². The lowest BCUT2D eigenvalue weighted by Crippen LogP contribution is -2.40. The molecule has 1 aliphatic rings. The normalized spacial score (nSPS) is 19.0. The van der Waals surface area contributed by atoms with Crippen molar-refractivity contribution >= 4 is 5.78 Å². The van der Waals surface area contributed by atoms with E-state index in [1.807, 2.05) is 31.2 Å². The minimum absolute atomic E-state index is 0.0670. The molecule has 4 heteroatoms. The van der Waals surface area contributed by atoms with Crippen molar-refractivity contribution in [2.45, 2.75) is 38.9 Å². The zero-order valence-corrected chi connectivity index (χ0v) is 14.0. The van der Waals surface area contributed by atoms with Gasteiger partial charge in [0.2, 0.25) is 0 Å². The quantitative estimate of drug-likeness (QED) is 0.372. The van der Waals surface area contributed by atoms with Crippen LogP contribution in [0.1, 0.15) is 59.3 Å². The van der Waals surface area contributed by atoms with E-state index in [4.69, 9.17) is 9.62 Å². The summed E-state index contributed by atoms with van der Waals surface area (Å²) < 4.78 is 6.01. The van der Waals surface area contributed by atoms with Crippen LogP contribution in [0.4, 0.5) is 0 Å². The number of hydrogen-bond acceptors (Lipinski definition) is 4. The van der Waals surface area contributed by atoms with Crippen molar-refractivity contribution in [1.29, 1.82) is 0 Å². The van der Waals surface area contributed by atoms with E-state index in [9.17, 15) is 10.1 Å². The van der Waals surface area contributed by atoms with E-state index in [1.54, 1.807) is 18.2 Å². The molecule has 0 radical (unpaired) electrons. The summed E-state index contributed by atoms with van der Waals surface area (Å²) in [6.07, 6.45) is 2.62. The van der Waals surface area contributed by atoms with Gasteiger partial charge in [0.25, 0.3) is 5.79 Å². The summed E-state index contributed by atoms with van der Waals surface area (Å²) in [6, 6.07) is 12.8. The Bertz CT molecular complexity index is 753. The molecule has 0 aromatic heterocycles. The maximum Gasteiger partial charge on any atom is 0.255 e. The number of aryl methyl sites for hydroxylation is 1. The SMILES string of the molecule is CCCCOC1(OO)c2ccccc2C(=O)c2cc(CC)ccc21. The van der Waals surface area contributed by atoms with Gasteiger partial charge in [-0.15, -0.1) is 0 Å². The molecule has 1 atom stereocenters. The Labute approximate surface area is 142 Å². The minimum atomic E-state index is -1.46. The van der Waals surface area contributed by atoms with E-state index in [0.29, 0.717) is 28.9 Å². The number of benzene rings is 2. The van der Waals surface area contributed by atoms with Gasteiger partial charge in [0.05, 0.1) is 6.61 Å². The number of hydrogen-bond donors (Lipinski definition) is 1. The fourth-order valence-electron chi connectivity index (χ4n) is 3.18. The monoisotopic (exact) mass is 326 g/mol. The highest BCUT2D eigenvalue weighted by Crippen LogP contribution is 2.43. The van der Waals surface area contributed by atoms with Crippen LogP contribution in [-0.2, 0) is 21.8 Å². The van der Waals surface area contributed by atoms with Gasteiger partial charge in [0.15, 0.2) is 5.78 Å². The van der Waals surface area contributed by atoms with Crippen molar-refractivity contribution in [3.05, 3.63) is 70.3 Å². The van der Waals surface area contributed by atoms with Crippen LogP contribution in [0.2, 0.25) is 0 Å². The number of fused-ring (bicyclic) bond motifs is 2. The highest BCUT2D eigenvalue weighted by Gasteiger charge is 2.46. The van der Waals surface area contributed by atoms with E-state index in [1.165, 1.54) is 0 Å². The number of ether oxygens (including phenoxy) is 1. The number of carbonyl (C=O) groups is 1. The lowest BCUT2D eigenvalue weighted by molar-refractivity contribution is -0.396. The van der Waals surface area contributed by atoms with Gasteiger partial charge in [-0.1, -0.05) is 56.7 Å². The number of unbranched alkanes of at least 4 members (excludes halogenated alkanes) is 1. The first-order valence-corrected chi connectivity index (χ1v) is 8.42. The third kappa shape index (κ3) is 2.57. The first-order chi connectivity index (χ1) is 11.7. The van der Waals surface area contributed by atoms with E-state index in [2.05, 4.69) is 6.92 Å². The van der Waals surface area contributed by atoms with Gasteiger partial charge in [0, 0.05) is 22.3 Å². The van der Waals surface area contributed by atoms with Gasteiger partial charge < -0.3 is 4.74 Å². The third-order valence-corrected chi connectivity index (χ3v) is 4.55. The van der Waals surface area contributed by atoms with Crippen molar-refractivity contribution in [2.75, 3.05) is 6.61 Å². The molecule has 1 unspecified atom stereocenters. The van der Waals surface area contributed by atoms with Crippen LogP contribution in [0, 0.1) is 0 Å². The number of carbonyl (C=O) groups excluding carboxylic acids is 1. The van der Waals surface area contributed by atoms with E-state index >= 15 is 0 Å².